The van der Waals surface area contributed by atoms with Gasteiger partial charge in [-0.3, -0.25) is 9.10 Å². The number of amides is 1. The van der Waals surface area contributed by atoms with Crippen molar-refractivity contribution < 1.29 is 17.6 Å². The van der Waals surface area contributed by atoms with Crippen LogP contribution in [0.25, 0.3) is 0 Å². The van der Waals surface area contributed by atoms with Gasteiger partial charge in [-0.1, -0.05) is 12.1 Å². The Morgan fingerprint density at radius 1 is 1.08 bits per heavy atom. The molecule has 5 nitrogen and oxygen atoms in total. The van der Waals surface area contributed by atoms with Crippen molar-refractivity contribution in [1.29, 1.82) is 0 Å². The molecule has 0 unspecified atom stereocenters. The Kier molecular flexibility index (Phi) is 6.14. The van der Waals surface area contributed by atoms with Gasteiger partial charge in [-0.05, 0) is 55.3 Å². The van der Waals surface area contributed by atoms with Crippen LogP contribution in [0.4, 0.5) is 10.1 Å². The van der Waals surface area contributed by atoms with Crippen molar-refractivity contribution in [3.05, 3.63) is 65.5 Å². The molecule has 0 heterocycles. The summed E-state index contributed by atoms with van der Waals surface area (Å²) < 4.78 is 37.7. The number of carbonyl (C=O) groups excluding carboxylic acids is 1. The monoisotopic (exact) mass is 364 g/mol. The van der Waals surface area contributed by atoms with Gasteiger partial charge >= 0.3 is 0 Å². The molecule has 0 aromatic heterocycles. The van der Waals surface area contributed by atoms with Crippen molar-refractivity contribution in [1.82, 2.24) is 5.32 Å². The van der Waals surface area contributed by atoms with Crippen LogP contribution in [-0.4, -0.2) is 33.7 Å². The third-order valence-electron chi connectivity index (χ3n) is 3.89. The summed E-state index contributed by atoms with van der Waals surface area (Å²) in [5.74, 6) is -0.521. The standard InChI is InChI=1S/C18H21FN2O3S/c1-3-25(23,24)21(2)17-10-6-15(7-11-17)18(22)20-13-12-14-4-8-16(19)9-5-14/h4-11H,3,12-13H2,1-2H3,(H,20,22). The third kappa shape index (κ3) is 5.03. The van der Waals surface area contributed by atoms with Gasteiger partial charge in [0.2, 0.25) is 10.0 Å². The highest BCUT2D eigenvalue weighted by Crippen LogP contribution is 2.17. The lowest BCUT2D eigenvalue weighted by Crippen LogP contribution is -2.28. The fourth-order valence-electron chi connectivity index (χ4n) is 2.25. The molecule has 1 amide bonds. The summed E-state index contributed by atoms with van der Waals surface area (Å²) >= 11 is 0. The van der Waals surface area contributed by atoms with Crippen LogP contribution in [-0.2, 0) is 16.4 Å². The third-order valence-corrected chi connectivity index (χ3v) is 5.66. The molecule has 2 rings (SSSR count). The second-order valence-electron chi connectivity index (χ2n) is 5.55. The second-order valence-corrected chi connectivity index (χ2v) is 7.84. The fraction of sp³-hybridized carbons (Fsp3) is 0.278. The van der Waals surface area contributed by atoms with Crippen molar-refractivity contribution in [2.24, 2.45) is 0 Å². The number of rotatable bonds is 7. The molecule has 0 saturated heterocycles. The van der Waals surface area contributed by atoms with Crippen LogP contribution in [0.15, 0.2) is 48.5 Å². The topological polar surface area (TPSA) is 66.5 Å². The van der Waals surface area contributed by atoms with E-state index in [-0.39, 0.29) is 17.5 Å². The van der Waals surface area contributed by atoms with Crippen LogP contribution in [0.3, 0.4) is 0 Å². The van der Waals surface area contributed by atoms with E-state index in [1.54, 1.807) is 43.3 Å². The van der Waals surface area contributed by atoms with Gasteiger partial charge in [0.1, 0.15) is 5.82 Å². The zero-order valence-corrected chi connectivity index (χ0v) is 15.0. The smallest absolute Gasteiger partial charge is 0.251 e. The van der Waals surface area contributed by atoms with E-state index in [4.69, 9.17) is 0 Å². The van der Waals surface area contributed by atoms with Crippen LogP contribution in [0, 0.1) is 5.82 Å². The molecule has 7 heteroatoms. The lowest BCUT2D eigenvalue weighted by atomic mass is 10.1. The van der Waals surface area contributed by atoms with Crippen LogP contribution in [0.5, 0.6) is 0 Å². The highest BCUT2D eigenvalue weighted by molar-refractivity contribution is 7.92. The van der Waals surface area contributed by atoms with Gasteiger partial charge in [-0.25, -0.2) is 12.8 Å². The van der Waals surface area contributed by atoms with Crippen molar-refractivity contribution in [3.63, 3.8) is 0 Å². The van der Waals surface area contributed by atoms with Gasteiger partial charge in [0.05, 0.1) is 11.4 Å². The predicted molar refractivity (Wildman–Crippen MR) is 96.7 cm³/mol. The van der Waals surface area contributed by atoms with Crippen molar-refractivity contribution in [2.45, 2.75) is 13.3 Å². The summed E-state index contributed by atoms with van der Waals surface area (Å²) in [6.07, 6.45) is 0.599. The SMILES string of the molecule is CCS(=O)(=O)N(C)c1ccc(C(=O)NCCc2ccc(F)cc2)cc1. The maximum absolute atomic E-state index is 12.8. The molecule has 2 aromatic rings. The largest absolute Gasteiger partial charge is 0.352 e. The molecule has 0 atom stereocenters. The summed E-state index contributed by atoms with van der Waals surface area (Å²) in [7, 11) is -1.84. The minimum atomic E-state index is -3.33. The lowest BCUT2D eigenvalue weighted by molar-refractivity contribution is 0.0954. The molecule has 0 aliphatic heterocycles. The number of nitrogens with one attached hydrogen (secondary N) is 1. The molecular formula is C18H21FN2O3S. The van der Waals surface area contributed by atoms with Crippen molar-refractivity contribution >= 4 is 21.6 Å². The zero-order valence-electron chi connectivity index (χ0n) is 14.2. The fourth-order valence-corrected chi connectivity index (χ4v) is 3.08. The number of sulfonamides is 1. The van der Waals surface area contributed by atoms with Crippen LogP contribution in [0.2, 0.25) is 0 Å². The number of halogens is 1. The van der Waals surface area contributed by atoms with Gasteiger partial charge in [-0.15, -0.1) is 0 Å². The molecule has 0 fully saturated rings. The Morgan fingerprint density at radius 3 is 2.24 bits per heavy atom. The zero-order chi connectivity index (χ0) is 18.4. The quantitative estimate of drug-likeness (QED) is 0.821. The second kappa shape index (κ2) is 8.11. The molecule has 0 aliphatic carbocycles. The number of anilines is 1. The van der Waals surface area contributed by atoms with E-state index in [2.05, 4.69) is 5.32 Å². The number of benzene rings is 2. The molecule has 1 N–H and O–H groups in total. The number of hydrogen-bond donors (Lipinski definition) is 1. The molecule has 2 aromatic carbocycles. The van der Waals surface area contributed by atoms with E-state index in [0.717, 1.165) is 5.56 Å². The molecule has 0 aliphatic rings. The maximum atomic E-state index is 12.8. The first-order valence-electron chi connectivity index (χ1n) is 7.93. The van der Waals surface area contributed by atoms with E-state index in [0.29, 0.717) is 24.2 Å². The molecule has 25 heavy (non-hydrogen) atoms. The van der Waals surface area contributed by atoms with Crippen LogP contribution >= 0.6 is 0 Å². The number of hydrogen-bond acceptors (Lipinski definition) is 3. The van der Waals surface area contributed by atoms with E-state index in [9.17, 15) is 17.6 Å². The summed E-state index contributed by atoms with van der Waals surface area (Å²) in [6.45, 7) is 2.01. The predicted octanol–water partition coefficient (Wildman–Crippen LogP) is 2.58. The molecule has 0 bridgehead atoms. The number of nitrogens with zero attached hydrogens (tertiary/aromatic N) is 1. The maximum Gasteiger partial charge on any atom is 0.251 e. The first-order chi connectivity index (χ1) is 11.8. The lowest BCUT2D eigenvalue weighted by Gasteiger charge is -2.18. The Morgan fingerprint density at radius 2 is 1.68 bits per heavy atom. The van der Waals surface area contributed by atoms with E-state index >= 15 is 0 Å². The van der Waals surface area contributed by atoms with Gasteiger partial charge in [0.15, 0.2) is 0 Å². The van der Waals surface area contributed by atoms with Gasteiger partial charge < -0.3 is 5.32 Å². The van der Waals surface area contributed by atoms with E-state index < -0.39 is 10.0 Å². The Balaban J connectivity index is 1.93. The van der Waals surface area contributed by atoms with Crippen molar-refractivity contribution in [2.75, 3.05) is 23.7 Å². The van der Waals surface area contributed by atoms with E-state index in [1.165, 1.54) is 23.5 Å². The van der Waals surface area contributed by atoms with Crippen molar-refractivity contribution in [3.8, 4) is 0 Å². The van der Waals surface area contributed by atoms with Gasteiger partial charge in [-0.2, -0.15) is 0 Å². The molecule has 0 spiro atoms. The van der Waals surface area contributed by atoms with Crippen LogP contribution in [0.1, 0.15) is 22.8 Å². The minimum absolute atomic E-state index is 0.00905. The molecular weight excluding hydrogens is 343 g/mol. The highest BCUT2D eigenvalue weighted by Gasteiger charge is 2.16. The molecule has 0 saturated carbocycles. The Labute approximate surface area is 147 Å². The Bertz CT molecular complexity index is 818. The highest BCUT2D eigenvalue weighted by atomic mass is 32.2. The van der Waals surface area contributed by atoms with Crippen LogP contribution < -0.4 is 9.62 Å². The average Bonchev–Trinajstić information content (AvgIpc) is 2.62. The summed E-state index contributed by atoms with van der Waals surface area (Å²) in [6, 6.07) is 12.5. The van der Waals surface area contributed by atoms with E-state index in [1.807, 2.05) is 0 Å². The summed E-state index contributed by atoms with van der Waals surface area (Å²) in [5, 5.41) is 2.79. The number of carbonyl (C=O) groups is 1. The first-order valence-corrected chi connectivity index (χ1v) is 9.53. The minimum Gasteiger partial charge on any atom is -0.352 e. The normalized spacial score (nSPS) is 11.2. The molecule has 0 radical (unpaired) electrons. The summed E-state index contributed by atoms with van der Waals surface area (Å²) in [4.78, 5) is 12.1. The first kappa shape index (κ1) is 18.9. The molecule has 134 valence electrons. The Hall–Kier alpha value is -2.41. The van der Waals surface area contributed by atoms with Gasteiger partial charge in [0, 0.05) is 19.2 Å². The summed E-state index contributed by atoms with van der Waals surface area (Å²) in [5.41, 5.74) is 1.89. The van der Waals surface area contributed by atoms with Gasteiger partial charge in [0.25, 0.3) is 5.91 Å². The average molecular weight is 364 g/mol.